The summed E-state index contributed by atoms with van der Waals surface area (Å²) in [6.45, 7) is 3.13. The summed E-state index contributed by atoms with van der Waals surface area (Å²) in [6, 6.07) is 0.415. The summed E-state index contributed by atoms with van der Waals surface area (Å²) in [4.78, 5) is 56.2. The number of nitrogens with zero attached hydrogens (tertiary/aromatic N) is 4. The Morgan fingerprint density at radius 1 is 1.21 bits per heavy atom. The molecule has 2 N–H and O–H groups in total. The SMILES string of the molecule is O=C1NC(=O)C(CCC(=O)N2CCN(Cc3cc(=O)n4ccsc4n3)CC2)N1. The summed E-state index contributed by atoms with van der Waals surface area (Å²) in [6.07, 6.45) is 2.22. The Labute approximate surface area is 164 Å². The maximum atomic E-state index is 12.4. The van der Waals surface area contributed by atoms with Gasteiger partial charge in [0.1, 0.15) is 6.04 Å². The van der Waals surface area contributed by atoms with Crippen LogP contribution < -0.4 is 16.2 Å². The number of fused-ring (bicyclic) bond motifs is 1. The van der Waals surface area contributed by atoms with Gasteiger partial charge in [0.25, 0.3) is 11.5 Å². The number of thiazole rings is 1. The van der Waals surface area contributed by atoms with Crippen molar-refractivity contribution >= 4 is 34.1 Å². The number of urea groups is 1. The van der Waals surface area contributed by atoms with Crippen LogP contribution in [0.1, 0.15) is 18.5 Å². The minimum atomic E-state index is -0.630. The molecule has 2 aromatic heterocycles. The topological polar surface area (TPSA) is 116 Å². The van der Waals surface area contributed by atoms with Gasteiger partial charge in [0, 0.05) is 56.8 Å². The monoisotopic (exact) mass is 404 g/mol. The summed E-state index contributed by atoms with van der Waals surface area (Å²) in [7, 11) is 0. The Morgan fingerprint density at radius 2 is 2.00 bits per heavy atom. The largest absolute Gasteiger partial charge is 0.340 e. The van der Waals surface area contributed by atoms with Crippen molar-refractivity contribution in [3.8, 4) is 0 Å². The van der Waals surface area contributed by atoms with Crippen molar-refractivity contribution in [2.75, 3.05) is 26.2 Å². The van der Waals surface area contributed by atoms with E-state index in [0.29, 0.717) is 44.1 Å². The number of imide groups is 1. The summed E-state index contributed by atoms with van der Waals surface area (Å²) in [5.74, 6) is -0.404. The predicted octanol–water partition coefficient (Wildman–Crippen LogP) is -0.612. The first-order valence-electron chi connectivity index (χ1n) is 9.07. The van der Waals surface area contributed by atoms with Crippen LogP contribution >= 0.6 is 11.3 Å². The number of rotatable bonds is 5. The molecule has 0 bridgehead atoms. The number of hydrogen-bond acceptors (Lipinski definition) is 7. The molecule has 2 saturated heterocycles. The van der Waals surface area contributed by atoms with Crippen molar-refractivity contribution in [2.45, 2.75) is 25.4 Å². The van der Waals surface area contributed by atoms with Crippen molar-refractivity contribution in [1.29, 1.82) is 0 Å². The Hall–Kier alpha value is -2.79. The Bertz CT molecular complexity index is 977. The van der Waals surface area contributed by atoms with Crippen molar-refractivity contribution in [2.24, 2.45) is 0 Å². The summed E-state index contributed by atoms with van der Waals surface area (Å²) in [5, 5.41) is 6.49. The zero-order chi connectivity index (χ0) is 19.7. The second-order valence-electron chi connectivity index (χ2n) is 6.85. The fourth-order valence-electron chi connectivity index (χ4n) is 3.44. The van der Waals surface area contributed by atoms with Crippen LogP contribution in [0.25, 0.3) is 4.96 Å². The van der Waals surface area contributed by atoms with E-state index in [4.69, 9.17) is 0 Å². The molecule has 1 atom stereocenters. The molecule has 2 aliphatic rings. The van der Waals surface area contributed by atoms with Crippen LogP contribution in [0.5, 0.6) is 0 Å². The van der Waals surface area contributed by atoms with E-state index in [1.54, 1.807) is 17.2 Å². The molecule has 148 valence electrons. The second kappa shape index (κ2) is 7.68. The van der Waals surface area contributed by atoms with Gasteiger partial charge in [0.15, 0.2) is 4.96 Å². The molecular weight excluding hydrogens is 384 g/mol. The first-order chi connectivity index (χ1) is 13.5. The summed E-state index contributed by atoms with van der Waals surface area (Å²) < 4.78 is 1.53. The molecule has 0 aromatic carbocycles. The average molecular weight is 404 g/mol. The Balaban J connectivity index is 1.27. The predicted molar refractivity (Wildman–Crippen MR) is 101 cm³/mol. The van der Waals surface area contributed by atoms with E-state index in [9.17, 15) is 19.2 Å². The molecule has 1 unspecified atom stereocenters. The van der Waals surface area contributed by atoms with Gasteiger partial charge in [-0.1, -0.05) is 0 Å². The van der Waals surface area contributed by atoms with Gasteiger partial charge in [0.2, 0.25) is 5.91 Å². The van der Waals surface area contributed by atoms with E-state index in [1.165, 1.54) is 15.7 Å². The summed E-state index contributed by atoms with van der Waals surface area (Å²) in [5.41, 5.74) is 0.647. The number of carbonyl (C=O) groups excluding carboxylic acids is 3. The van der Waals surface area contributed by atoms with Crippen LogP contribution in [0, 0.1) is 0 Å². The lowest BCUT2D eigenvalue weighted by molar-refractivity contribution is -0.133. The van der Waals surface area contributed by atoms with E-state index in [-0.39, 0.29) is 23.8 Å². The highest BCUT2D eigenvalue weighted by atomic mass is 32.1. The van der Waals surface area contributed by atoms with Crippen molar-refractivity contribution in [3.63, 3.8) is 0 Å². The standard InChI is InChI=1S/C17H20N6O4S/c24-13(2-1-12-15(26)20-16(27)19-12)22-5-3-21(4-6-22)10-11-9-14(25)23-7-8-28-17(23)18-11/h7-9,12H,1-6,10H2,(H2,19,20,26,27). The lowest BCUT2D eigenvalue weighted by Gasteiger charge is -2.34. The van der Waals surface area contributed by atoms with Gasteiger partial charge in [-0.15, -0.1) is 11.3 Å². The van der Waals surface area contributed by atoms with Gasteiger partial charge >= 0.3 is 6.03 Å². The first-order valence-corrected chi connectivity index (χ1v) is 9.95. The molecule has 0 saturated carbocycles. The molecule has 2 aromatic rings. The number of piperazine rings is 1. The maximum Gasteiger partial charge on any atom is 0.322 e. The van der Waals surface area contributed by atoms with Crippen LogP contribution in [0.2, 0.25) is 0 Å². The minimum absolute atomic E-state index is 0.0232. The van der Waals surface area contributed by atoms with Crippen LogP contribution in [0.4, 0.5) is 4.79 Å². The molecule has 2 fully saturated rings. The van der Waals surface area contributed by atoms with E-state index in [0.717, 1.165) is 5.69 Å². The highest BCUT2D eigenvalue weighted by Crippen LogP contribution is 2.12. The highest BCUT2D eigenvalue weighted by molar-refractivity contribution is 7.15. The van der Waals surface area contributed by atoms with Gasteiger partial charge in [-0.05, 0) is 6.42 Å². The van der Waals surface area contributed by atoms with E-state index in [1.807, 2.05) is 5.38 Å². The van der Waals surface area contributed by atoms with Crippen molar-refractivity contribution in [1.82, 2.24) is 29.8 Å². The number of hydrogen-bond donors (Lipinski definition) is 2. The fraction of sp³-hybridized carbons (Fsp3) is 0.471. The van der Waals surface area contributed by atoms with Crippen LogP contribution in [0.3, 0.4) is 0 Å². The molecule has 10 nitrogen and oxygen atoms in total. The number of nitrogens with one attached hydrogen (secondary N) is 2. The van der Waals surface area contributed by atoms with Gasteiger partial charge in [-0.2, -0.15) is 0 Å². The summed E-state index contributed by atoms with van der Waals surface area (Å²) >= 11 is 1.42. The lowest BCUT2D eigenvalue weighted by Crippen LogP contribution is -2.48. The van der Waals surface area contributed by atoms with E-state index < -0.39 is 12.1 Å². The molecule has 4 amide bonds. The zero-order valence-electron chi connectivity index (χ0n) is 15.1. The Morgan fingerprint density at radius 3 is 2.71 bits per heavy atom. The van der Waals surface area contributed by atoms with Crippen LogP contribution in [-0.4, -0.2) is 69.3 Å². The number of carbonyl (C=O) groups is 3. The molecular formula is C17H20N6O4S. The third kappa shape index (κ3) is 3.90. The van der Waals surface area contributed by atoms with Gasteiger partial charge < -0.3 is 10.2 Å². The number of amides is 4. The molecule has 4 rings (SSSR count). The van der Waals surface area contributed by atoms with E-state index in [2.05, 4.69) is 20.5 Å². The van der Waals surface area contributed by atoms with E-state index >= 15 is 0 Å². The third-order valence-corrected chi connectivity index (χ3v) is 5.73. The molecule has 0 spiro atoms. The normalized spacial score (nSPS) is 20.4. The molecule has 4 heterocycles. The Kier molecular flexibility index (Phi) is 5.09. The van der Waals surface area contributed by atoms with Crippen LogP contribution in [-0.2, 0) is 16.1 Å². The van der Waals surface area contributed by atoms with Crippen molar-refractivity contribution in [3.05, 3.63) is 33.7 Å². The smallest absolute Gasteiger partial charge is 0.322 e. The van der Waals surface area contributed by atoms with Crippen molar-refractivity contribution < 1.29 is 14.4 Å². The minimum Gasteiger partial charge on any atom is -0.340 e. The van der Waals surface area contributed by atoms with Gasteiger partial charge in [-0.3, -0.25) is 29.0 Å². The second-order valence-corrected chi connectivity index (χ2v) is 7.73. The molecule has 11 heteroatoms. The lowest BCUT2D eigenvalue weighted by atomic mass is 10.1. The average Bonchev–Trinajstić information content (AvgIpc) is 3.26. The third-order valence-electron chi connectivity index (χ3n) is 4.97. The first kappa shape index (κ1) is 18.6. The molecule has 0 radical (unpaired) electrons. The molecule has 2 aliphatic heterocycles. The number of aromatic nitrogens is 2. The van der Waals surface area contributed by atoms with Gasteiger partial charge in [-0.25, -0.2) is 9.78 Å². The highest BCUT2D eigenvalue weighted by Gasteiger charge is 2.30. The molecule has 0 aliphatic carbocycles. The zero-order valence-corrected chi connectivity index (χ0v) is 15.9. The molecule has 28 heavy (non-hydrogen) atoms. The van der Waals surface area contributed by atoms with Crippen LogP contribution in [0.15, 0.2) is 22.4 Å². The maximum absolute atomic E-state index is 12.4. The fourth-order valence-corrected chi connectivity index (χ4v) is 4.18. The van der Waals surface area contributed by atoms with Gasteiger partial charge in [0.05, 0.1) is 5.69 Å². The quantitative estimate of drug-likeness (QED) is 0.642.